The Kier molecular flexibility index (Phi) is 5.35. The molecule has 2 aliphatic heterocycles. The van der Waals surface area contributed by atoms with E-state index in [0.717, 1.165) is 5.56 Å². The van der Waals surface area contributed by atoms with Crippen LogP contribution in [0.15, 0.2) is 30.3 Å². The first-order valence-electron chi connectivity index (χ1n) is 9.61. The molecule has 2 aliphatic rings. The van der Waals surface area contributed by atoms with E-state index in [-0.39, 0.29) is 34.7 Å². The SMILES string of the molecule is COc1ccc(-c2cc(C(=O)NC3CCS(=O)(=O)C3)nn2C2CCS(=O)(=O)C2)cc1. The average molecular weight is 454 g/mol. The molecule has 30 heavy (non-hydrogen) atoms. The van der Waals surface area contributed by atoms with Crippen LogP contribution in [0.4, 0.5) is 0 Å². The Morgan fingerprint density at radius 1 is 1.07 bits per heavy atom. The largest absolute Gasteiger partial charge is 0.497 e. The number of carbonyl (C=O) groups is 1. The van der Waals surface area contributed by atoms with E-state index in [9.17, 15) is 21.6 Å². The number of carbonyl (C=O) groups excluding carboxylic acids is 1. The average Bonchev–Trinajstić information content (AvgIpc) is 3.38. The van der Waals surface area contributed by atoms with Gasteiger partial charge in [0.05, 0.1) is 41.9 Å². The highest BCUT2D eigenvalue weighted by Gasteiger charge is 2.33. The third-order valence-corrected chi connectivity index (χ3v) is 8.99. The maximum Gasteiger partial charge on any atom is 0.272 e. The van der Waals surface area contributed by atoms with Crippen molar-refractivity contribution in [3.63, 3.8) is 0 Å². The van der Waals surface area contributed by atoms with Crippen LogP contribution in [0.5, 0.6) is 5.75 Å². The molecule has 1 N–H and O–H groups in total. The van der Waals surface area contributed by atoms with Gasteiger partial charge in [-0.25, -0.2) is 16.8 Å². The number of nitrogens with zero attached hydrogens (tertiary/aromatic N) is 2. The number of hydrogen-bond donors (Lipinski definition) is 1. The topological polar surface area (TPSA) is 124 Å². The highest BCUT2D eigenvalue weighted by atomic mass is 32.2. The minimum Gasteiger partial charge on any atom is -0.497 e. The molecule has 3 heterocycles. The number of benzene rings is 1. The van der Waals surface area contributed by atoms with Crippen molar-refractivity contribution in [2.75, 3.05) is 30.1 Å². The van der Waals surface area contributed by atoms with Crippen molar-refractivity contribution in [1.29, 1.82) is 0 Å². The molecule has 2 saturated heterocycles. The van der Waals surface area contributed by atoms with Gasteiger partial charge in [0.2, 0.25) is 0 Å². The fourth-order valence-electron chi connectivity index (χ4n) is 3.90. The highest BCUT2D eigenvalue weighted by molar-refractivity contribution is 7.91. The van der Waals surface area contributed by atoms with Crippen LogP contribution in [0.2, 0.25) is 0 Å². The van der Waals surface area contributed by atoms with E-state index < -0.39 is 31.6 Å². The Balaban J connectivity index is 1.65. The number of hydrogen-bond acceptors (Lipinski definition) is 7. The second-order valence-electron chi connectivity index (χ2n) is 7.72. The molecule has 0 bridgehead atoms. The monoisotopic (exact) mass is 453 g/mol. The van der Waals surface area contributed by atoms with Crippen LogP contribution >= 0.6 is 0 Å². The third kappa shape index (κ3) is 4.36. The van der Waals surface area contributed by atoms with Gasteiger partial charge in [0.25, 0.3) is 5.91 Å². The molecule has 11 heteroatoms. The molecule has 1 amide bonds. The molecule has 0 spiro atoms. The first-order chi connectivity index (χ1) is 14.2. The molecule has 1 aromatic heterocycles. The molecule has 0 radical (unpaired) electrons. The number of ether oxygens (including phenoxy) is 1. The van der Waals surface area contributed by atoms with E-state index in [2.05, 4.69) is 10.4 Å². The lowest BCUT2D eigenvalue weighted by Crippen LogP contribution is -2.35. The Morgan fingerprint density at radius 3 is 2.30 bits per heavy atom. The third-order valence-electron chi connectivity index (χ3n) is 5.48. The summed E-state index contributed by atoms with van der Waals surface area (Å²) in [5, 5.41) is 7.15. The van der Waals surface area contributed by atoms with Gasteiger partial charge in [-0.15, -0.1) is 0 Å². The van der Waals surface area contributed by atoms with Gasteiger partial charge in [0.15, 0.2) is 25.4 Å². The first kappa shape index (κ1) is 20.9. The minimum absolute atomic E-state index is 0.0280. The summed E-state index contributed by atoms with van der Waals surface area (Å²) in [7, 11) is -4.70. The molecule has 0 saturated carbocycles. The van der Waals surface area contributed by atoms with Crippen LogP contribution in [0.25, 0.3) is 11.3 Å². The molecule has 0 aliphatic carbocycles. The van der Waals surface area contributed by atoms with Crippen molar-refractivity contribution in [2.45, 2.75) is 24.9 Å². The Hall–Kier alpha value is -2.40. The number of amides is 1. The quantitative estimate of drug-likeness (QED) is 0.711. The van der Waals surface area contributed by atoms with Gasteiger partial charge in [-0.2, -0.15) is 5.10 Å². The Morgan fingerprint density at radius 2 is 1.73 bits per heavy atom. The molecule has 1 aromatic carbocycles. The minimum atomic E-state index is -3.14. The summed E-state index contributed by atoms with van der Waals surface area (Å²) < 4.78 is 54.1. The van der Waals surface area contributed by atoms with Crippen molar-refractivity contribution in [2.24, 2.45) is 0 Å². The number of methoxy groups -OCH3 is 1. The van der Waals surface area contributed by atoms with E-state index in [1.807, 2.05) is 12.1 Å². The van der Waals surface area contributed by atoms with E-state index in [1.165, 1.54) is 0 Å². The Bertz CT molecular complexity index is 1170. The highest BCUT2D eigenvalue weighted by Crippen LogP contribution is 2.31. The van der Waals surface area contributed by atoms with E-state index in [0.29, 0.717) is 24.3 Å². The molecule has 2 fully saturated rings. The zero-order valence-electron chi connectivity index (χ0n) is 16.4. The van der Waals surface area contributed by atoms with E-state index in [1.54, 1.807) is 30.0 Å². The maximum atomic E-state index is 12.7. The summed E-state index contributed by atoms with van der Waals surface area (Å²) in [6.07, 6.45) is 0.802. The van der Waals surface area contributed by atoms with Crippen LogP contribution in [-0.2, 0) is 19.7 Å². The van der Waals surface area contributed by atoms with Gasteiger partial charge in [-0.05, 0) is 43.2 Å². The van der Waals surface area contributed by atoms with Gasteiger partial charge >= 0.3 is 0 Å². The summed E-state index contributed by atoms with van der Waals surface area (Å²) in [5.74, 6) is 0.246. The predicted octanol–water partition coefficient (Wildman–Crippen LogP) is 0.835. The maximum absolute atomic E-state index is 12.7. The van der Waals surface area contributed by atoms with Crippen LogP contribution < -0.4 is 10.1 Å². The first-order valence-corrected chi connectivity index (χ1v) is 13.3. The molecular formula is C19H23N3O6S2. The van der Waals surface area contributed by atoms with Gasteiger partial charge < -0.3 is 10.1 Å². The van der Waals surface area contributed by atoms with Gasteiger partial charge in [-0.3, -0.25) is 9.48 Å². The summed E-state index contributed by atoms with van der Waals surface area (Å²) >= 11 is 0. The van der Waals surface area contributed by atoms with Crippen molar-refractivity contribution in [3.8, 4) is 17.0 Å². The lowest BCUT2D eigenvalue weighted by molar-refractivity contribution is 0.0935. The summed E-state index contributed by atoms with van der Waals surface area (Å²) in [6.45, 7) is 0. The van der Waals surface area contributed by atoms with Crippen molar-refractivity contribution in [1.82, 2.24) is 15.1 Å². The lowest BCUT2D eigenvalue weighted by atomic mass is 10.1. The van der Waals surface area contributed by atoms with Gasteiger partial charge in [-0.1, -0.05) is 0 Å². The van der Waals surface area contributed by atoms with Gasteiger partial charge in [0, 0.05) is 11.6 Å². The van der Waals surface area contributed by atoms with Crippen LogP contribution in [0.1, 0.15) is 29.4 Å². The summed E-state index contributed by atoms with van der Waals surface area (Å²) in [6, 6.07) is 8.01. The van der Waals surface area contributed by atoms with Crippen molar-refractivity contribution >= 4 is 25.6 Å². The molecule has 4 rings (SSSR count). The fourth-order valence-corrected chi connectivity index (χ4v) is 7.26. The Labute approximate surface area is 175 Å². The zero-order chi connectivity index (χ0) is 21.5. The number of aromatic nitrogens is 2. The molecule has 2 aromatic rings. The molecule has 2 unspecified atom stereocenters. The lowest BCUT2D eigenvalue weighted by Gasteiger charge is -2.13. The van der Waals surface area contributed by atoms with Gasteiger partial charge in [0.1, 0.15) is 5.75 Å². The zero-order valence-corrected chi connectivity index (χ0v) is 18.1. The molecule has 162 valence electrons. The summed E-state index contributed by atoms with van der Waals surface area (Å²) in [5.41, 5.74) is 1.54. The van der Waals surface area contributed by atoms with Crippen molar-refractivity contribution in [3.05, 3.63) is 36.0 Å². The number of sulfone groups is 2. The summed E-state index contributed by atoms with van der Waals surface area (Å²) in [4.78, 5) is 12.7. The molecule has 9 nitrogen and oxygen atoms in total. The smallest absolute Gasteiger partial charge is 0.272 e. The molecule has 2 atom stereocenters. The fraction of sp³-hybridized carbons (Fsp3) is 0.474. The van der Waals surface area contributed by atoms with E-state index >= 15 is 0 Å². The van der Waals surface area contributed by atoms with Crippen LogP contribution in [-0.4, -0.2) is 68.7 Å². The number of rotatable bonds is 5. The standard InChI is InChI=1S/C19H23N3O6S2/c1-28-16-4-2-13(3-5-16)18-10-17(19(23)20-14-6-8-29(24,25)11-14)21-22(18)15-7-9-30(26,27)12-15/h2-5,10,14-15H,6-9,11-12H2,1H3,(H,20,23). The second kappa shape index (κ2) is 7.69. The normalized spacial score (nSPS) is 24.6. The van der Waals surface area contributed by atoms with E-state index in [4.69, 9.17) is 4.74 Å². The number of nitrogens with one attached hydrogen (secondary N) is 1. The predicted molar refractivity (Wildman–Crippen MR) is 111 cm³/mol. The van der Waals surface area contributed by atoms with Crippen molar-refractivity contribution < 1.29 is 26.4 Å². The van der Waals surface area contributed by atoms with Crippen LogP contribution in [0.3, 0.4) is 0 Å². The second-order valence-corrected chi connectivity index (χ2v) is 12.2. The van der Waals surface area contributed by atoms with Crippen LogP contribution in [0, 0.1) is 0 Å². The molecular weight excluding hydrogens is 430 g/mol.